The minimum absolute atomic E-state index is 0.467. The summed E-state index contributed by atoms with van der Waals surface area (Å²) in [4.78, 5) is 8.60. The van der Waals surface area contributed by atoms with Crippen molar-refractivity contribution in [2.24, 2.45) is 0 Å². The van der Waals surface area contributed by atoms with Crippen LogP contribution in [0.3, 0.4) is 0 Å². The Morgan fingerprint density at radius 1 is 1.10 bits per heavy atom. The molecule has 0 spiro atoms. The highest BCUT2D eigenvalue weighted by Crippen LogP contribution is 2.20. The van der Waals surface area contributed by atoms with Gasteiger partial charge >= 0.3 is 0 Å². The minimum atomic E-state index is 0.467. The number of nitrogens with zero attached hydrogens (tertiary/aromatic N) is 2. The van der Waals surface area contributed by atoms with Gasteiger partial charge in [0, 0.05) is 18.7 Å². The van der Waals surface area contributed by atoms with E-state index in [2.05, 4.69) is 27.5 Å². The molecule has 2 rings (SSSR count). The summed E-state index contributed by atoms with van der Waals surface area (Å²) in [6, 6.07) is 0. The number of anilines is 2. The average molecular weight is 292 g/mol. The van der Waals surface area contributed by atoms with Crippen LogP contribution in [-0.2, 0) is 4.74 Å². The van der Waals surface area contributed by atoms with E-state index in [1.807, 2.05) is 6.92 Å². The van der Waals surface area contributed by atoms with Crippen LogP contribution >= 0.6 is 0 Å². The second-order valence-electron chi connectivity index (χ2n) is 5.68. The molecule has 118 valence electrons. The van der Waals surface area contributed by atoms with Crippen LogP contribution in [0.15, 0.2) is 6.33 Å². The second-order valence-corrected chi connectivity index (χ2v) is 5.68. The van der Waals surface area contributed by atoms with Gasteiger partial charge in [-0.2, -0.15) is 0 Å². The summed E-state index contributed by atoms with van der Waals surface area (Å²) in [6.45, 7) is 6.66. The molecule has 0 unspecified atom stereocenters. The Morgan fingerprint density at radius 3 is 2.43 bits per heavy atom. The van der Waals surface area contributed by atoms with Gasteiger partial charge in [0.05, 0.1) is 12.7 Å². The van der Waals surface area contributed by atoms with Crippen molar-refractivity contribution in [2.45, 2.75) is 58.5 Å². The Morgan fingerprint density at radius 2 is 1.76 bits per heavy atom. The number of nitrogens with one attached hydrogen (secondary N) is 2. The van der Waals surface area contributed by atoms with Crippen molar-refractivity contribution in [1.29, 1.82) is 0 Å². The molecule has 1 aliphatic rings. The predicted octanol–water partition coefficient (Wildman–Crippen LogP) is 3.37. The van der Waals surface area contributed by atoms with E-state index in [1.54, 1.807) is 6.33 Å². The molecule has 0 aliphatic heterocycles. The topological polar surface area (TPSA) is 59.1 Å². The lowest BCUT2D eigenvalue weighted by Gasteiger charge is -2.22. The number of hydrogen-bond acceptors (Lipinski definition) is 5. The molecule has 1 aromatic heterocycles. The van der Waals surface area contributed by atoms with Crippen LogP contribution in [-0.4, -0.2) is 35.8 Å². The van der Waals surface area contributed by atoms with Crippen molar-refractivity contribution < 1.29 is 4.74 Å². The van der Waals surface area contributed by atoms with Crippen LogP contribution in [0.25, 0.3) is 0 Å². The van der Waals surface area contributed by atoms with E-state index >= 15 is 0 Å². The lowest BCUT2D eigenvalue weighted by Crippen LogP contribution is -2.21. The fraction of sp³-hybridized carbons (Fsp3) is 0.750. The first-order valence-electron chi connectivity index (χ1n) is 8.22. The van der Waals surface area contributed by atoms with Gasteiger partial charge in [-0.25, -0.2) is 9.97 Å². The molecule has 21 heavy (non-hydrogen) atoms. The van der Waals surface area contributed by atoms with E-state index in [9.17, 15) is 0 Å². The lowest BCUT2D eigenvalue weighted by atomic mass is 9.98. The van der Waals surface area contributed by atoms with E-state index < -0.39 is 0 Å². The minimum Gasteiger partial charge on any atom is -0.376 e. The molecule has 0 bridgehead atoms. The highest BCUT2D eigenvalue weighted by atomic mass is 16.5. The Hall–Kier alpha value is -1.36. The van der Waals surface area contributed by atoms with Gasteiger partial charge in [-0.1, -0.05) is 26.2 Å². The van der Waals surface area contributed by atoms with Crippen LogP contribution in [0, 0.1) is 6.92 Å². The summed E-state index contributed by atoms with van der Waals surface area (Å²) in [5.41, 5.74) is 1.07. The molecule has 1 aliphatic carbocycles. The summed E-state index contributed by atoms with van der Waals surface area (Å²) in [5, 5.41) is 6.68. The fourth-order valence-electron chi connectivity index (χ4n) is 2.68. The lowest BCUT2D eigenvalue weighted by molar-refractivity contribution is 0.0347. The van der Waals surface area contributed by atoms with Crippen LogP contribution in [0.4, 0.5) is 11.6 Å². The van der Waals surface area contributed by atoms with Crippen molar-refractivity contribution in [3.8, 4) is 0 Å². The molecule has 5 nitrogen and oxygen atoms in total. The highest BCUT2D eigenvalue weighted by molar-refractivity contribution is 5.56. The fourth-order valence-corrected chi connectivity index (χ4v) is 2.68. The Labute approximate surface area is 127 Å². The monoisotopic (exact) mass is 292 g/mol. The van der Waals surface area contributed by atoms with Gasteiger partial charge in [-0.15, -0.1) is 0 Å². The van der Waals surface area contributed by atoms with Crippen molar-refractivity contribution in [3.05, 3.63) is 11.9 Å². The number of aromatic nitrogens is 2. The summed E-state index contributed by atoms with van der Waals surface area (Å²) in [6.07, 6.45) is 9.59. The van der Waals surface area contributed by atoms with Crippen LogP contribution in [0.1, 0.15) is 51.0 Å². The molecule has 0 saturated heterocycles. The summed E-state index contributed by atoms with van der Waals surface area (Å²) in [7, 11) is 0. The van der Waals surface area contributed by atoms with Crippen molar-refractivity contribution in [2.75, 3.05) is 30.3 Å². The van der Waals surface area contributed by atoms with Crippen LogP contribution in [0.5, 0.6) is 0 Å². The maximum atomic E-state index is 5.92. The van der Waals surface area contributed by atoms with Gasteiger partial charge in [0.1, 0.15) is 18.0 Å². The van der Waals surface area contributed by atoms with Gasteiger partial charge in [0.25, 0.3) is 0 Å². The first kappa shape index (κ1) is 16.0. The third-order valence-corrected chi connectivity index (χ3v) is 3.93. The second kappa shape index (κ2) is 8.82. The molecule has 1 fully saturated rings. The summed E-state index contributed by atoms with van der Waals surface area (Å²) in [5.74, 6) is 1.82. The molecule has 0 aromatic carbocycles. The normalized spacial score (nSPS) is 15.9. The Kier molecular flexibility index (Phi) is 6.73. The number of hydrogen-bond donors (Lipinski definition) is 2. The average Bonchev–Trinajstić information content (AvgIpc) is 2.53. The maximum absolute atomic E-state index is 5.92. The van der Waals surface area contributed by atoms with E-state index in [4.69, 9.17) is 4.74 Å². The Balaban J connectivity index is 1.74. The molecule has 0 radical (unpaired) electrons. The van der Waals surface area contributed by atoms with E-state index in [0.717, 1.165) is 43.3 Å². The third kappa shape index (κ3) is 5.16. The zero-order valence-electron chi connectivity index (χ0n) is 13.3. The molecular weight excluding hydrogens is 264 g/mol. The zero-order valence-corrected chi connectivity index (χ0v) is 13.3. The first-order chi connectivity index (χ1) is 10.3. The van der Waals surface area contributed by atoms with Gasteiger partial charge in [-0.3, -0.25) is 0 Å². The molecule has 1 saturated carbocycles. The smallest absolute Gasteiger partial charge is 0.134 e. The third-order valence-electron chi connectivity index (χ3n) is 3.93. The van der Waals surface area contributed by atoms with Gasteiger partial charge in [0.2, 0.25) is 0 Å². The first-order valence-corrected chi connectivity index (χ1v) is 8.22. The molecule has 0 amide bonds. The summed E-state index contributed by atoms with van der Waals surface area (Å²) >= 11 is 0. The molecule has 0 atom stereocenters. The Bertz CT molecular complexity index is 419. The van der Waals surface area contributed by atoms with Crippen LogP contribution < -0.4 is 10.6 Å². The molecule has 1 heterocycles. The standard InChI is InChI=1S/C16H28N4O/c1-3-9-17-15-13(2)16(20-12-19-15)18-10-11-21-14-7-5-4-6-8-14/h12,14H,3-11H2,1-2H3,(H2,17,18,19,20). The number of rotatable bonds is 8. The predicted molar refractivity (Wildman–Crippen MR) is 86.9 cm³/mol. The quantitative estimate of drug-likeness (QED) is 0.719. The molecule has 2 N–H and O–H groups in total. The van der Waals surface area contributed by atoms with E-state index in [1.165, 1.54) is 32.1 Å². The van der Waals surface area contributed by atoms with Crippen LogP contribution in [0.2, 0.25) is 0 Å². The summed E-state index contributed by atoms with van der Waals surface area (Å²) < 4.78 is 5.92. The van der Waals surface area contributed by atoms with Gasteiger partial charge in [0.15, 0.2) is 0 Å². The zero-order chi connectivity index (χ0) is 14.9. The highest BCUT2D eigenvalue weighted by Gasteiger charge is 2.13. The largest absolute Gasteiger partial charge is 0.376 e. The van der Waals surface area contributed by atoms with Crippen molar-refractivity contribution in [3.63, 3.8) is 0 Å². The number of ether oxygens (including phenoxy) is 1. The van der Waals surface area contributed by atoms with Crippen molar-refractivity contribution >= 4 is 11.6 Å². The maximum Gasteiger partial charge on any atom is 0.134 e. The molecule has 1 aromatic rings. The molecule has 5 heteroatoms. The van der Waals surface area contributed by atoms with Gasteiger partial charge in [-0.05, 0) is 26.2 Å². The van der Waals surface area contributed by atoms with Crippen molar-refractivity contribution in [1.82, 2.24) is 9.97 Å². The SMILES string of the molecule is CCCNc1ncnc(NCCOC2CCCCC2)c1C. The molecular formula is C16H28N4O. The van der Waals surface area contributed by atoms with Gasteiger partial charge < -0.3 is 15.4 Å². The van der Waals surface area contributed by atoms with E-state index in [0.29, 0.717) is 6.10 Å². The van der Waals surface area contributed by atoms with E-state index in [-0.39, 0.29) is 0 Å².